The van der Waals surface area contributed by atoms with Gasteiger partial charge in [-0.3, -0.25) is 0 Å². The van der Waals surface area contributed by atoms with E-state index in [0.29, 0.717) is 11.8 Å². The number of aromatic nitrogens is 3. The monoisotopic (exact) mass is 246 g/mol. The van der Waals surface area contributed by atoms with Crippen LogP contribution in [0, 0.1) is 6.92 Å². The van der Waals surface area contributed by atoms with Gasteiger partial charge in [-0.2, -0.15) is 10.1 Å². The predicted molar refractivity (Wildman–Crippen MR) is 71.0 cm³/mol. The summed E-state index contributed by atoms with van der Waals surface area (Å²) in [7, 11) is 1.85. The van der Waals surface area contributed by atoms with E-state index in [1.54, 1.807) is 4.68 Å². The lowest BCUT2D eigenvalue weighted by molar-refractivity contribution is 0.416. The average molecular weight is 246 g/mol. The van der Waals surface area contributed by atoms with Gasteiger partial charge < -0.3 is 10.1 Å². The van der Waals surface area contributed by atoms with Crippen molar-refractivity contribution in [1.29, 1.82) is 0 Å². The minimum Gasteiger partial charge on any atom is -0.421 e. The number of rotatable bonds is 5. The predicted octanol–water partition coefficient (Wildman–Crippen LogP) is 2.74. The molecule has 2 rings (SSSR count). The molecule has 2 aromatic rings. The molecule has 5 nitrogen and oxygen atoms in total. The van der Waals surface area contributed by atoms with E-state index in [0.717, 1.165) is 24.5 Å². The van der Waals surface area contributed by atoms with Crippen molar-refractivity contribution in [2.24, 2.45) is 7.05 Å². The first-order valence-electron chi connectivity index (χ1n) is 6.08. The number of nitrogens with one attached hydrogen (secondary N) is 1. The van der Waals surface area contributed by atoms with E-state index in [2.05, 4.69) is 22.3 Å². The van der Waals surface area contributed by atoms with Crippen molar-refractivity contribution in [1.82, 2.24) is 14.8 Å². The van der Waals surface area contributed by atoms with E-state index in [4.69, 9.17) is 4.74 Å². The molecule has 2 heterocycles. The van der Waals surface area contributed by atoms with Crippen LogP contribution in [0.25, 0.3) is 0 Å². The molecule has 0 unspecified atom stereocenters. The molecule has 96 valence electrons. The van der Waals surface area contributed by atoms with Crippen molar-refractivity contribution < 1.29 is 4.74 Å². The Balaban J connectivity index is 2.11. The maximum atomic E-state index is 5.70. The molecule has 18 heavy (non-hydrogen) atoms. The molecule has 0 aliphatic rings. The first-order chi connectivity index (χ1) is 8.69. The second-order valence-electron chi connectivity index (χ2n) is 4.14. The fourth-order valence-corrected chi connectivity index (χ4v) is 1.61. The Hall–Kier alpha value is -2.04. The Bertz CT molecular complexity index is 521. The van der Waals surface area contributed by atoms with Crippen molar-refractivity contribution in [2.75, 3.05) is 11.9 Å². The Morgan fingerprint density at radius 2 is 2.22 bits per heavy atom. The van der Waals surface area contributed by atoms with Gasteiger partial charge in [0.2, 0.25) is 11.8 Å². The standard InChI is InChI=1S/C13H18N4O/c1-4-8-14-11-6-5-7-12(15-11)18-13-9-10(2)16-17(13)3/h5-7,9H,4,8H2,1-3H3,(H,14,15). The van der Waals surface area contributed by atoms with E-state index >= 15 is 0 Å². The highest BCUT2D eigenvalue weighted by Crippen LogP contribution is 2.20. The van der Waals surface area contributed by atoms with Crippen LogP contribution in [0.2, 0.25) is 0 Å². The molecule has 0 radical (unpaired) electrons. The van der Waals surface area contributed by atoms with Crippen LogP contribution in [-0.2, 0) is 7.05 Å². The molecular weight excluding hydrogens is 228 g/mol. The first-order valence-corrected chi connectivity index (χ1v) is 6.08. The molecule has 0 aliphatic heterocycles. The molecule has 0 fully saturated rings. The molecule has 0 spiro atoms. The van der Waals surface area contributed by atoms with E-state index < -0.39 is 0 Å². The molecule has 2 aromatic heterocycles. The second-order valence-corrected chi connectivity index (χ2v) is 4.14. The summed E-state index contributed by atoms with van der Waals surface area (Å²) >= 11 is 0. The lowest BCUT2D eigenvalue weighted by Gasteiger charge is -2.07. The van der Waals surface area contributed by atoms with E-state index in [9.17, 15) is 0 Å². The number of ether oxygens (including phenoxy) is 1. The lowest BCUT2D eigenvalue weighted by Crippen LogP contribution is -2.02. The molecule has 0 aromatic carbocycles. The minimum absolute atomic E-state index is 0.569. The normalized spacial score (nSPS) is 10.4. The Morgan fingerprint density at radius 3 is 2.89 bits per heavy atom. The van der Waals surface area contributed by atoms with E-state index in [-0.39, 0.29) is 0 Å². The minimum atomic E-state index is 0.569. The number of hydrogen-bond acceptors (Lipinski definition) is 4. The van der Waals surface area contributed by atoms with Gasteiger partial charge in [0.25, 0.3) is 0 Å². The number of nitrogens with zero attached hydrogens (tertiary/aromatic N) is 3. The number of aryl methyl sites for hydroxylation is 2. The molecule has 1 N–H and O–H groups in total. The summed E-state index contributed by atoms with van der Waals surface area (Å²) in [5, 5.41) is 7.45. The third kappa shape index (κ3) is 3.00. The lowest BCUT2D eigenvalue weighted by atomic mass is 10.4. The smallest absolute Gasteiger partial charge is 0.223 e. The van der Waals surface area contributed by atoms with Gasteiger partial charge in [0.05, 0.1) is 5.69 Å². The third-order valence-electron chi connectivity index (χ3n) is 2.45. The van der Waals surface area contributed by atoms with Crippen molar-refractivity contribution in [3.63, 3.8) is 0 Å². The summed E-state index contributed by atoms with van der Waals surface area (Å²) in [6.07, 6.45) is 1.06. The number of anilines is 1. The third-order valence-corrected chi connectivity index (χ3v) is 2.45. The molecule has 5 heteroatoms. The zero-order valence-corrected chi connectivity index (χ0v) is 11.0. The van der Waals surface area contributed by atoms with Crippen LogP contribution in [0.4, 0.5) is 5.82 Å². The van der Waals surface area contributed by atoms with Gasteiger partial charge in [0.15, 0.2) is 0 Å². The summed E-state index contributed by atoms with van der Waals surface area (Å²) in [5.41, 5.74) is 0.924. The van der Waals surface area contributed by atoms with E-state index in [1.165, 1.54) is 0 Å². The summed E-state index contributed by atoms with van der Waals surface area (Å²) in [6, 6.07) is 7.56. The summed E-state index contributed by atoms with van der Waals surface area (Å²) in [4.78, 5) is 4.38. The Labute approximate surface area is 107 Å². The van der Waals surface area contributed by atoms with Gasteiger partial charge in [0.1, 0.15) is 5.82 Å². The molecular formula is C13H18N4O. The summed E-state index contributed by atoms with van der Waals surface area (Å²) in [6.45, 7) is 4.95. The maximum absolute atomic E-state index is 5.70. The maximum Gasteiger partial charge on any atom is 0.223 e. The molecule has 0 saturated heterocycles. The number of pyridine rings is 1. The van der Waals surface area contributed by atoms with Gasteiger partial charge >= 0.3 is 0 Å². The van der Waals surface area contributed by atoms with Gasteiger partial charge in [-0.1, -0.05) is 13.0 Å². The van der Waals surface area contributed by atoms with Gasteiger partial charge in [-0.15, -0.1) is 0 Å². The van der Waals surface area contributed by atoms with Crippen molar-refractivity contribution in [3.8, 4) is 11.8 Å². The van der Waals surface area contributed by atoms with Crippen LogP contribution in [0.3, 0.4) is 0 Å². The molecule has 0 saturated carbocycles. The van der Waals surface area contributed by atoms with Crippen LogP contribution < -0.4 is 10.1 Å². The van der Waals surface area contributed by atoms with Crippen molar-refractivity contribution in [3.05, 3.63) is 30.0 Å². The zero-order valence-electron chi connectivity index (χ0n) is 11.0. The van der Waals surface area contributed by atoms with Gasteiger partial charge in [0, 0.05) is 25.7 Å². The summed E-state index contributed by atoms with van der Waals surface area (Å²) in [5.74, 6) is 2.08. The van der Waals surface area contributed by atoms with E-state index in [1.807, 2.05) is 38.2 Å². The van der Waals surface area contributed by atoms with Crippen LogP contribution in [0.1, 0.15) is 19.0 Å². The quantitative estimate of drug-likeness (QED) is 0.881. The molecule has 0 amide bonds. The Kier molecular flexibility index (Phi) is 3.82. The van der Waals surface area contributed by atoms with Gasteiger partial charge in [-0.05, 0) is 19.4 Å². The highest BCUT2D eigenvalue weighted by Gasteiger charge is 2.05. The van der Waals surface area contributed by atoms with Crippen LogP contribution in [-0.4, -0.2) is 21.3 Å². The fourth-order valence-electron chi connectivity index (χ4n) is 1.61. The molecule has 0 atom stereocenters. The van der Waals surface area contributed by atoms with Crippen molar-refractivity contribution >= 4 is 5.82 Å². The SMILES string of the molecule is CCCNc1cccc(Oc2cc(C)nn2C)n1. The number of hydrogen-bond donors (Lipinski definition) is 1. The molecule has 0 bridgehead atoms. The van der Waals surface area contributed by atoms with Crippen LogP contribution >= 0.6 is 0 Å². The highest BCUT2D eigenvalue weighted by atomic mass is 16.5. The highest BCUT2D eigenvalue weighted by molar-refractivity contribution is 5.37. The van der Waals surface area contributed by atoms with Crippen LogP contribution in [0.5, 0.6) is 11.8 Å². The molecule has 0 aliphatic carbocycles. The topological polar surface area (TPSA) is 52.0 Å². The summed E-state index contributed by atoms with van der Waals surface area (Å²) < 4.78 is 7.40. The Morgan fingerprint density at radius 1 is 1.39 bits per heavy atom. The first kappa shape index (κ1) is 12.4. The van der Waals surface area contributed by atoms with Crippen LogP contribution in [0.15, 0.2) is 24.3 Å². The fraction of sp³-hybridized carbons (Fsp3) is 0.385. The zero-order chi connectivity index (χ0) is 13.0. The average Bonchev–Trinajstić information content (AvgIpc) is 2.66. The largest absolute Gasteiger partial charge is 0.421 e. The second kappa shape index (κ2) is 5.53. The van der Waals surface area contributed by atoms with Gasteiger partial charge in [-0.25, -0.2) is 4.68 Å². The van der Waals surface area contributed by atoms with Crippen molar-refractivity contribution in [2.45, 2.75) is 20.3 Å².